The van der Waals surface area contributed by atoms with Gasteiger partial charge < -0.3 is 5.32 Å². The lowest BCUT2D eigenvalue weighted by Crippen LogP contribution is -2.27. The molecule has 1 nitrogen and oxygen atoms in total. The third-order valence-corrected chi connectivity index (χ3v) is 4.47. The monoisotopic (exact) mass is 297 g/mol. The molecule has 1 fully saturated rings. The Labute approximate surface area is 131 Å². The lowest BCUT2D eigenvalue weighted by Gasteiger charge is -2.26. The number of hydrogen-bond acceptors (Lipinski definition) is 1. The molecule has 21 heavy (non-hydrogen) atoms. The van der Waals surface area contributed by atoms with Gasteiger partial charge >= 0.3 is 0 Å². The van der Waals surface area contributed by atoms with E-state index in [1.165, 1.54) is 46.4 Å². The summed E-state index contributed by atoms with van der Waals surface area (Å²) in [6.07, 6.45) is 3.88. The van der Waals surface area contributed by atoms with E-state index in [1.54, 1.807) is 0 Å². The molecule has 1 saturated heterocycles. The van der Waals surface area contributed by atoms with Crippen LogP contribution in [0.15, 0.2) is 54.6 Å². The molecule has 0 radical (unpaired) electrons. The summed E-state index contributed by atoms with van der Waals surface area (Å²) in [6.45, 7) is 1.14. The van der Waals surface area contributed by atoms with Crippen molar-refractivity contribution in [3.8, 4) is 0 Å². The molecule has 108 valence electrons. The van der Waals surface area contributed by atoms with Crippen molar-refractivity contribution in [2.24, 2.45) is 0 Å². The van der Waals surface area contributed by atoms with Crippen LogP contribution in [0, 0.1) is 0 Å². The van der Waals surface area contributed by atoms with Gasteiger partial charge in [-0.25, -0.2) is 0 Å². The largest absolute Gasteiger partial charge is 0.310 e. The maximum atomic E-state index is 3.72. The highest BCUT2D eigenvalue weighted by atomic mass is 35.5. The second-order valence-corrected chi connectivity index (χ2v) is 5.74. The molecule has 1 aliphatic heterocycles. The van der Waals surface area contributed by atoms with Gasteiger partial charge in [0.05, 0.1) is 0 Å². The molecule has 2 heteroatoms. The zero-order valence-electron chi connectivity index (χ0n) is 12.0. The van der Waals surface area contributed by atoms with Crippen molar-refractivity contribution in [3.05, 3.63) is 60.2 Å². The molecule has 4 rings (SSSR count). The van der Waals surface area contributed by atoms with E-state index in [2.05, 4.69) is 59.9 Å². The van der Waals surface area contributed by atoms with Crippen molar-refractivity contribution in [1.82, 2.24) is 5.32 Å². The third-order valence-electron chi connectivity index (χ3n) is 4.47. The minimum atomic E-state index is 0. The fourth-order valence-corrected chi connectivity index (χ4v) is 3.52. The maximum absolute atomic E-state index is 3.72. The molecule has 1 N–H and O–H groups in total. The lowest BCUT2D eigenvalue weighted by atomic mass is 9.88. The molecular weight excluding hydrogens is 278 g/mol. The number of halogens is 1. The van der Waals surface area contributed by atoms with Gasteiger partial charge in [-0.3, -0.25) is 0 Å². The van der Waals surface area contributed by atoms with E-state index < -0.39 is 0 Å². The Morgan fingerprint density at radius 1 is 0.810 bits per heavy atom. The quantitative estimate of drug-likeness (QED) is 0.607. The average Bonchev–Trinajstić information content (AvgIpc) is 2.53. The number of piperidine rings is 1. The van der Waals surface area contributed by atoms with Crippen molar-refractivity contribution >= 4 is 34.0 Å². The molecule has 1 heterocycles. The molecule has 0 aromatic heterocycles. The van der Waals surface area contributed by atoms with E-state index in [-0.39, 0.29) is 12.4 Å². The molecular formula is C19H20ClN. The zero-order chi connectivity index (χ0) is 13.4. The SMILES string of the molecule is Cl.c1ccc2c([C@H]3CCCCN3)c3ccccc3cc2c1. The van der Waals surface area contributed by atoms with E-state index in [0.717, 1.165) is 6.54 Å². The first-order valence-corrected chi connectivity index (χ1v) is 7.57. The van der Waals surface area contributed by atoms with Crippen LogP contribution in [0.4, 0.5) is 0 Å². The Bertz CT molecular complexity index is 706. The Morgan fingerprint density at radius 3 is 2.00 bits per heavy atom. The first-order chi connectivity index (χ1) is 9.93. The van der Waals surface area contributed by atoms with Crippen LogP contribution in [0.1, 0.15) is 30.9 Å². The van der Waals surface area contributed by atoms with Crippen LogP contribution in [0.3, 0.4) is 0 Å². The van der Waals surface area contributed by atoms with Gasteiger partial charge in [0, 0.05) is 6.04 Å². The first kappa shape index (κ1) is 14.4. The second kappa shape index (κ2) is 6.05. The maximum Gasteiger partial charge on any atom is 0.0332 e. The minimum Gasteiger partial charge on any atom is -0.310 e. The van der Waals surface area contributed by atoms with Crippen molar-refractivity contribution in [3.63, 3.8) is 0 Å². The van der Waals surface area contributed by atoms with Gasteiger partial charge in [0.25, 0.3) is 0 Å². The summed E-state index contributed by atoms with van der Waals surface area (Å²) in [5.74, 6) is 0. The van der Waals surface area contributed by atoms with Gasteiger partial charge in [-0.2, -0.15) is 0 Å². The van der Waals surface area contributed by atoms with E-state index in [1.807, 2.05) is 0 Å². The topological polar surface area (TPSA) is 12.0 Å². The summed E-state index contributed by atoms with van der Waals surface area (Å²) in [4.78, 5) is 0. The number of nitrogens with one attached hydrogen (secondary N) is 1. The standard InChI is InChI=1S/C19H19N.ClH/c1-3-9-16-14(7-1)13-15-8-2-4-10-17(15)19(16)18-11-5-6-12-20-18;/h1-4,7-10,13,18,20H,5-6,11-12H2;1H/t18-;/m1./s1. The van der Waals surface area contributed by atoms with E-state index in [4.69, 9.17) is 0 Å². The van der Waals surface area contributed by atoms with Gasteiger partial charge in [0.15, 0.2) is 0 Å². The van der Waals surface area contributed by atoms with E-state index >= 15 is 0 Å². The Kier molecular flexibility index (Phi) is 4.14. The summed E-state index contributed by atoms with van der Waals surface area (Å²) in [5, 5.41) is 9.25. The summed E-state index contributed by atoms with van der Waals surface area (Å²) in [5.41, 5.74) is 1.50. The van der Waals surface area contributed by atoms with Gasteiger partial charge in [-0.1, -0.05) is 55.0 Å². The Balaban J connectivity index is 0.00000132. The molecule has 0 amide bonds. The molecule has 0 spiro atoms. The molecule has 0 aliphatic carbocycles. The van der Waals surface area contributed by atoms with Gasteiger partial charge in [0.1, 0.15) is 0 Å². The lowest BCUT2D eigenvalue weighted by molar-refractivity contribution is 0.416. The van der Waals surface area contributed by atoms with Crippen LogP contribution < -0.4 is 5.32 Å². The molecule has 1 atom stereocenters. The molecule has 0 unspecified atom stereocenters. The Hall–Kier alpha value is -1.57. The van der Waals surface area contributed by atoms with Crippen molar-refractivity contribution < 1.29 is 0 Å². The molecule has 0 saturated carbocycles. The molecule has 1 aliphatic rings. The van der Waals surface area contributed by atoms with Crippen LogP contribution in [0.5, 0.6) is 0 Å². The summed E-state index contributed by atoms with van der Waals surface area (Å²) < 4.78 is 0. The number of rotatable bonds is 1. The number of hydrogen-bond donors (Lipinski definition) is 1. The van der Waals surface area contributed by atoms with Gasteiger partial charge in [-0.15, -0.1) is 12.4 Å². The highest BCUT2D eigenvalue weighted by Gasteiger charge is 2.19. The van der Waals surface area contributed by atoms with Gasteiger partial charge in [0.2, 0.25) is 0 Å². The van der Waals surface area contributed by atoms with Crippen LogP contribution >= 0.6 is 12.4 Å². The fourth-order valence-electron chi connectivity index (χ4n) is 3.52. The summed E-state index contributed by atoms with van der Waals surface area (Å²) in [7, 11) is 0. The normalized spacial score (nSPS) is 18.6. The van der Waals surface area contributed by atoms with Crippen molar-refractivity contribution in [2.45, 2.75) is 25.3 Å². The van der Waals surface area contributed by atoms with Crippen LogP contribution in [-0.2, 0) is 0 Å². The van der Waals surface area contributed by atoms with Crippen LogP contribution in [-0.4, -0.2) is 6.54 Å². The highest BCUT2D eigenvalue weighted by Crippen LogP contribution is 2.35. The van der Waals surface area contributed by atoms with E-state index in [9.17, 15) is 0 Å². The zero-order valence-corrected chi connectivity index (χ0v) is 12.8. The molecule has 3 aromatic carbocycles. The Morgan fingerprint density at radius 2 is 1.43 bits per heavy atom. The number of fused-ring (bicyclic) bond motifs is 2. The van der Waals surface area contributed by atoms with Gasteiger partial charge in [-0.05, 0) is 52.6 Å². The fraction of sp³-hybridized carbons (Fsp3) is 0.263. The second-order valence-electron chi connectivity index (χ2n) is 5.74. The van der Waals surface area contributed by atoms with Crippen molar-refractivity contribution in [2.75, 3.05) is 6.54 Å². The minimum absolute atomic E-state index is 0. The van der Waals surface area contributed by atoms with Crippen LogP contribution in [0.25, 0.3) is 21.5 Å². The smallest absolute Gasteiger partial charge is 0.0332 e. The molecule has 0 bridgehead atoms. The predicted molar refractivity (Wildman–Crippen MR) is 93.3 cm³/mol. The van der Waals surface area contributed by atoms with E-state index in [0.29, 0.717) is 6.04 Å². The van der Waals surface area contributed by atoms with Crippen LogP contribution in [0.2, 0.25) is 0 Å². The summed E-state index contributed by atoms with van der Waals surface area (Å²) >= 11 is 0. The van der Waals surface area contributed by atoms with Crippen molar-refractivity contribution in [1.29, 1.82) is 0 Å². The third kappa shape index (κ3) is 2.52. The number of benzene rings is 3. The average molecular weight is 298 g/mol. The highest BCUT2D eigenvalue weighted by molar-refractivity contribution is 6.02. The predicted octanol–water partition coefficient (Wildman–Crippen LogP) is 5.23. The summed E-state index contributed by atoms with van der Waals surface area (Å²) in [6, 6.07) is 20.4. The molecule has 3 aromatic rings. The first-order valence-electron chi connectivity index (χ1n) is 7.57.